The summed E-state index contributed by atoms with van der Waals surface area (Å²) in [4.78, 5) is 18.8. The van der Waals surface area contributed by atoms with Crippen molar-refractivity contribution in [2.24, 2.45) is 5.41 Å². The Morgan fingerprint density at radius 2 is 2.17 bits per heavy atom. The molecule has 1 spiro atoms. The second kappa shape index (κ2) is 7.21. The number of hydrogen-bond acceptors (Lipinski definition) is 5. The molecule has 3 rings (SSSR count). The average molecular weight is 335 g/mol. The highest BCUT2D eigenvalue weighted by Crippen LogP contribution is 2.56. The first kappa shape index (κ1) is 17.4. The number of rotatable bonds is 7. The minimum Gasteiger partial charge on any atom is -0.378 e. The van der Waals surface area contributed by atoms with Crippen LogP contribution in [0.25, 0.3) is 0 Å². The van der Waals surface area contributed by atoms with Gasteiger partial charge in [0.2, 0.25) is 11.8 Å². The number of carbonyl (C=O) groups excluding carboxylic acids is 1. The second-order valence-corrected chi connectivity index (χ2v) is 7.23. The zero-order valence-electron chi connectivity index (χ0n) is 15.1. The quantitative estimate of drug-likeness (QED) is 0.766. The molecule has 1 aromatic rings. The molecule has 24 heavy (non-hydrogen) atoms. The van der Waals surface area contributed by atoms with Gasteiger partial charge in [0.15, 0.2) is 5.82 Å². The van der Waals surface area contributed by atoms with Gasteiger partial charge in [0.25, 0.3) is 0 Å². The lowest BCUT2D eigenvalue weighted by molar-refractivity contribution is -0.172. The fraction of sp³-hybridized carbons (Fsp3) is 0.833. The number of nitrogens with zero attached hydrogens (tertiary/aromatic N) is 3. The maximum atomic E-state index is 12.6. The number of hydrogen-bond donors (Lipinski definition) is 0. The van der Waals surface area contributed by atoms with E-state index in [0.717, 1.165) is 19.4 Å². The molecule has 0 aromatic carbocycles. The van der Waals surface area contributed by atoms with Crippen molar-refractivity contribution in [2.45, 2.75) is 77.4 Å². The van der Waals surface area contributed by atoms with Crippen molar-refractivity contribution in [1.29, 1.82) is 0 Å². The maximum absolute atomic E-state index is 12.6. The van der Waals surface area contributed by atoms with E-state index in [4.69, 9.17) is 9.26 Å². The molecule has 1 aromatic heterocycles. The zero-order valence-corrected chi connectivity index (χ0v) is 15.1. The van der Waals surface area contributed by atoms with Crippen LogP contribution in [-0.2, 0) is 16.0 Å². The molecule has 0 saturated heterocycles. The average Bonchev–Trinajstić information content (AvgIpc) is 3.21. The largest absolute Gasteiger partial charge is 0.378 e. The molecule has 0 N–H and O–H groups in total. The van der Waals surface area contributed by atoms with Gasteiger partial charge in [0, 0.05) is 38.0 Å². The highest BCUT2D eigenvalue weighted by atomic mass is 16.5. The van der Waals surface area contributed by atoms with E-state index in [1.54, 1.807) is 6.92 Å². The van der Waals surface area contributed by atoms with Crippen LogP contribution in [0.2, 0.25) is 0 Å². The van der Waals surface area contributed by atoms with Crippen LogP contribution in [0.5, 0.6) is 0 Å². The highest BCUT2D eigenvalue weighted by Gasteiger charge is 2.58. The third kappa shape index (κ3) is 3.21. The third-order valence-corrected chi connectivity index (χ3v) is 5.86. The van der Waals surface area contributed by atoms with E-state index < -0.39 is 0 Å². The van der Waals surface area contributed by atoms with E-state index in [1.165, 1.54) is 25.7 Å². The SMILES string of the molecule is CCO[C@@H]1C[C@H](N(C)C(=O)CCCc2nc(C)no2)C12CCCC2. The molecule has 0 radical (unpaired) electrons. The van der Waals surface area contributed by atoms with Crippen LogP contribution in [0, 0.1) is 12.3 Å². The monoisotopic (exact) mass is 335 g/mol. The summed E-state index contributed by atoms with van der Waals surface area (Å²) < 4.78 is 11.1. The molecule has 2 aliphatic carbocycles. The molecule has 134 valence electrons. The highest BCUT2D eigenvalue weighted by molar-refractivity contribution is 5.76. The van der Waals surface area contributed by atoms with Crippen LogP contribution >= 0.6 is 0 Å². The van der Waals surface area contributed by atoms with Gasteiger partial charge in [-0.1, -0.05) is 18.0 Å². The summed E-state index contributed by atoms with van der Waals surface area (Å²) in [6.07, 6.45) is 8.19. The van der Waals surface area contributed by atoms with Gasteiger partial charge in [-0.15, -0.1) is 0 Å². The van der Waals surface area contributed by atoms with E-state index in [1.807, 2.05) is 11.9 Å². The Morgan fingerprint density at radius 1 is 1.42 bits per heavy atom. The Labute approximate surface area is 143 Å². The molecular weight excluding hydrogens is 306 g/mol. The Hall–Kier alpha value is -1.43. The second-order valence-electron chi connectivity index (χ2n) is 7.23. The van der Waals surface area contributed by atoms with E-state index in [-0.39, 0.29) is 11.3 Å². The lowest BCUT2D eigenvalue weighted by Crippen LogP contribution is -2.63. The summed E-state index contributed by atoms with van der Waals surface area (Å²) in [5.41, 5.74) is 0.212. The zero-order chi connectivity index (χ0) is 17.2. The third-order valence-electron chi connectivity index (χ3n) is 5.86. The number of carbonyl (C=O) groups is 1. The molecule has 1 amide bonds. The van der Waals surface area contributed by atoms with Crippen molar-refractivity contribution in [3.05, 3.63) is 11.7 Å². The van der Waals surface area contributed by atoms with Crippen molar-refractivity contribution in [3.8, 4) is 0 Å². The van der Waals surface area contributed by atoms with Crippen molar-refractivity contribution in [1.82, 2.24) is 15.0 Å². The molecule has 0 unspecified atom stereocenters. The van der Waals surface area contributed by atoms with E-state index in [2.05, 4.69) is 17.1 Å². The van der Waals surface area contributed by atoms with Crippen molar-refractivity contribution >= 4 is 5.91 Å². The minimum absolute atomic E-state index is 0.212. The summed E-state index contributed by atoms with van der Waals surface area (Å²) in [5.74, 6) is 1.49. The molecular formula is C18H29N3O3. The summed E-state index contributed by atoms with van der Waals surface area (Å²) in [7, 11) is 1.96. The number of ether oxygens (including phenoxy) is 1. The molecule has 6 nitrogen and oxygen atoms in total. The first-order chi connectivity index (χ1) is 11.6. The Kier molecular flexibility index (Phi) is 5.23. The van der Waals surface area contributed by atoms with Crippen LogP contribution in [0.4, 0.5) is 0 Å². The predicted octanol–water partition coefficient (Wildman–Crippen LogP) is 2.90. The lowest BCUT2D eigenvalue weighted by atomic mass is 9.60. The summed E-state index contributed by atoms with van der Waals surface area (Å²) >= 11 is 0. The van der Waals surface area contributed by atoms with Crippen molar-refractivity contribution < 1.29 is 14.1 Å². The van der Waals surface area contributed by atoms with E-state index in [0.29, 0.717) is 36.7 Å². The Balaban J connectivity index is 1.51. The molecule has 2 atom stereocenters. The topological polar surface area (TPSA) is 68.5 Å². The molecule has 6 heteroatoms. The van der Waals surface area contributed by atoms with Gasteiger partial charge in [0.1, 0.15) is 0 Å². The van der Waals surface area contributed by atoms with Crippen LogP contribution in [0.1, 0.15) is 63.6 Å². The van der Waals surface area contributed by atoms with Crippen molar-refractivity contribution in [3.63, 3.8) is 0 Å². The number of amides is 1. The van der Waals surface area contributed by atoms with E-state index >= 15 is 0 Å². The first-order valence-electron chi connectivity index (χ1n) is 9.23. The van der Waals surface area contributed by atoms with E-state index in [9.17, 15) is 4.79 Å². The minimum atomic E-state index is 0.212. The van der Waals surface area contributed by atoms with Gasteiger partial charge in [-0.2, -0.15) is 4.98 Å². The fourth-order valence-electron chi connectivity index (χ4n) is 4.58. The Morgan fingerprint density at radius 3 is 2.79 bits per heavy atom. The van der Waals surface area contributed by atoms with Gasteiger partial charge >= 0.3 is 0 Å². The molecule has 1 heterocycles. The smallest absolute Gasteiger partial charge is 0.226 e. The molecule has 2 fully saturated rings. The molecule has 2 saturated carbocycles. The van der Waals surface area contributed by atoms with Gasteiger partial charge in [0.05, 0.1) is 6.10 Å². The predicted molar refractivity (Wildman–Crippen MR) is 89.5 cm³/mol. The van der Waals surface area contributed by atoms with Gasteiger partial charge < -0.3 is 14.2 Å². The fourth-order valence-corrected chi connectivity index (χ4v) is 4.58. The molecule has 0 aliphatic heterocycles. The van der Waals surface area contributed by atoms with Crippen LogP contribution < -0.4 is 0 Å². The summed E-state index contributed by atoms with van der Waals surface area (Å²) in [6, 6.07) is 0.342. The van der Waals surface area contributed by atoms with Crippen LogP contribution in [-0.4, -0.2) is 46.7 Å². The van der Waals surface area contributed by atoms with Crippen LogP contribution in [0.3, 0.4) is 0 Å². The molecule has 2 aliphatic rings. The first-order valence-corrected chi connectivity index (χ1v) is 9.23. The maximum Gasteiger partial charge on any atom is 0.226 e. The normalized spacial score (nSPS) is 25.0. The number of aromatic nitrogens is 2. The standard InChI is InChI=1S/C18H29N3O3/c1-4-23-15-12-14(18(15)10-5-6-11-18)21(3)17(22)9-7-8-16-19-13(2)20-24-16/h14-15H,4-12H2,1-3H3/t14-,15+/m0/s1. The van der Waals surface area contributed by atoms with Gasteiger partial charge in [-0.3, -0.25) is 4.79 Å². The summed E-state index contributed by atoms with van der Waals surface area (Å²) in [6.45, 7) is 4.63. The van der Waals surface area contributed by atoms with Gasteiger partial charge in [-0.25, -0.2) is 0 Å². The van der Waals surface area contributed by atoms with Crippen molar-refractivity contribution in [2.75, 3.05) is 13.7 Å². The summed E-state index contributed by atoms with van der Waals surface area (Å²) in [5, 5.41) is 3.78. The Bertz CT molecular complexity index is 566. The lowest BCUT2D eigenvalue weighted by Gasteiger charge is -2.57. The molecule has 0 bridgehead atoms. The van der Waals surface area contributed by atoms with Crippen LogP contribution in [0.15, 0.2) is 4.52 Å². The van der Waals surface area contributed by atoms with Gasteiger partial charge in [-0.05, 0) is 39.5 Å². The number of aryl methyl sites for hydroxylation is 2.